The van der Waals surface area contributed by atoms with Gasteiger partial charge in [0.2, 0.25) is 0 Å². The van der Waals surface area contributed by atoms with Crippen LogP contribution in [0, 0.1) is 0 Å². The number of ether oxygens (including phenoxy) is 1. The first-order valence-electron chi connectivity index (χ1n) is 4.57. The lowest BCUT2D eigenvalue weighted by atomic mass is 10.2. The van der Waals surface area contributed by atoms with E-state index in [2.05, 4.69) is 0 Å². The van der Waals surface area contributed by atoms with E-state index in [1.54, 1.807) is 24.3 Å². The molecule has 0 heterocycles. The smallest absolute Gasteiger partial charge is 0.363 e. The maximum absolute atomic E-state index is 12.2. The normalized spacial score (nSPS) is 13.8. The maximum Gasteiger partial charge on any atom is 0.363 e. The van der Waals surface area contributed by atoms with E-state index in [0.717, 1.165) is 0 Å². The number of halogens is 1. The van der Waals surface area contributed by atoms with Gasteiger partial charge in [-0.2, -0.15) is 0 Å². The summed E-state index contributed by atoms with van der Waals surface area (Å²) in [5.74, 6) is -0.750. The van der Waals surface area contributed by atoms with Crippen molar-refractivity contribution in [1.82, 2.24) is 0 Å². The van der Waals surface area contributed by atoms with Gasteiger partial charge in [-0.3, -0.25) is 4.57 Å². The quantitative estimate of drug-likeness (QED) is 0.764. The fourth-order valence-electron chi connectivity index (χ4n) is 1.34. The molecule has 0 aliphatic rings. The largest absolute Gasteiger partial charge is 0.364 e. The number of benzene rings is 1. The van der Waals surface area contributed by atoms with Gasteiger partial charge < -0.3 is 13.8 Å². The summed E-state index contributed by atoms with van der Waals surface area (Å²) in [5.41, 5.74) is 0.693. The van der Waals surface area contributed by atoms with Crippen LogP contribution in [0.3, 0.4) is 0 Å². The first-order valence-corrected chi connectivity index (χ1v) is 6.56. The first-order chi connectivity index (χ1) is 7.57. The van der Waals surface area contributed by atoms with Gasteiger partial charge in [0.25, 0.3) is 0 Å². The average molecular weight is 265 g/mol. The van der Waals surface area contributed by atoms with Gasteiger partial charge in [0.15, 0.2) is 5.85 Å². The third-order valence-corrected chi connectivity index (χ3v) is 4.53. The number of methoxy groups -OCH3 is 1. The molecule has 4 nitrogen and oxygen atoms in total. The van der Waals surface area contributed by atoms with Crippen LogP contribution in [0.2, 0.25) is 5.02 Å². The summed E-state index contributed by atoms with van der Waals surface area (Å²) < 4.78 is 27.1. The number of hydrogen-bond acceptors (Lipinski definition) is 4. The molecule has 0 bridgehead atoms. The molecule has 0 fully saturated rings. The maximum atomic E-state index is 12.2. The Bertz CT molecular complexity index is 371. The van der Waals surface area contributed by atoms with Crippen LogP contribution in [0.1, 0.15) is 11.4 Å². The molecule has 0 saturated carbocycles. The highest BCUT2D eigenvalue weighted by Gasteiger charge is 2.35. The van der Waals surface area contributed by atoms with Gasteiger partial charge in [-0.05, 0) is 17.7 Å². The Hall–Kier alpha value is -0.380. The minimum absolute atomic E-state index is 0.600. The van der Waals surface area contributed by atoms with Crippen LogP contribution in [0.15, 0.2) is 24.3 Å². The van der Waals surface area contributed by atoms with E-state index in [-0.39, 0.29) is 0 Å². The van der Waals surface area contributed by atoms with Crippen LogP contribution in [0.5, 0.6) is 0 Å². The van der Waals surface area contributed by atoms with E-state index in [1.807, 2.05) is 0 Å². The second kappa shape index (κ2) is 5.80. The lowest BCUT2D eigenvalue weighted by Crippen LogP contribution is -2.05. The Morgan fingerprint density at radius 2 is 1.62 bits per heavy atom. The molecule has 0 N–H and O–H groups in total. The van der Waals surface area contributed by atoms with Crippen LogP contribution in [-0.2, 0) is 18.3 Å². The summed E-state index contributed by atoms with van der Waals surface area (Å²) >= 11 is 5.77. The molecule has 1 unspecified atom stereocenters. The van der Waals surface area contributed by atoms with Crippen molar-refractivity contribution in [2.45, 2.75) is 5.85 Å². The predicted octanol–water partition coefficient (Wildman–Crippen LogP) is 3.47. The Balaban J connectivity index is 3.07. The highest BCUT2D eigenvalue weighted by atomic mass is 35.5. The summed E-state index contributed by atoms with van der Waals surface area (Å²) in [5, 5.41) is 0.600. The zero-order valence-corrected chi connectivity index (χ0v) is 11.0. The molecule has 6 heteroatoms. The third kappa shape index (κ3) is 2.84. The Kier molecular flexibility index (Phi) is 4.96. The van der Waals surface area contributed by atoms with E-state index in [0.29, 0.717) is 10.6 Å². The topological polar surface area (TPSA) is 44.8 Å². The molecule has 0 aliphatic carbocycles. The Morgan fingerprint density at radius 3 is 2.00 bits per heavy atom. The number of rotatable bonds is 5. The molecule has 0 radical (unpaired) electrons. The minimum Gasteiger partial charge on any atom is -0.364 e. The molecule has 0 saturated heterocycles. The summed E-state index contributed by atoms with van der Waals surface area (Å²) in [4.78, 5) is 0. The second-order valence-electron chi connectivity index (χ2n) is 3.04. The van der Waals surface area contributed by atoms with Crippen molar-refractivity contribution < 1.29 is 18.3 Å². The molecule has 0 aromatic heterocycles. The molecule has 1 aromatic rings. The van der Waals surface area contributed by atoms with Crippen molar-refractivity contribution in [3.8, 4) is 0 Å². The summed E-state index contributed by atoms with van der Waals surface area (Å²) in [6.45, 7) is 0. The van der Waals surface area contributed by atoms with E-state index in [1.165, 1.54) is 21.3 Å². The molecule has 0 amide bonds. The van der Waals surface area contributed by atoms with E-state index >= 15 is 0 Å². The SMILES string of the molecule is COC(c1ccc(Cl)cc1)P(=O)(OC)OC. The summed E-state index contributed by atoms with van der Waals surface area (Å²) in [6.07, 6.45) is 0. The zero-order chi connectivity index (χ0) is 12.2. The zero-order valence-electron chi connectivity index (χ0n) is 9.34. The lowest BCUT2D eigenvalue weighted by molar-refractivity contribution is 0.123. The van der Waals surface area contributed by atoms with E-state index in [9.17, 15) is 4.57 Å². The van der Waals surface area contributed by atoms with Crippen molar-refractivity contribution in [2.24, 2.45) is 0 Å². The van der Waals surface area contributed by atoms with Crippen molar-refractivity contribution in [2.75, 3.05) is 21.3 Å². The number of hydrogen-bond donors (Lipinski definition) is 0. The third-order valence-electron chi connectivity index (χ3n) is 2.17. The van der Waals surface area contributed by atoms with Crippen molar-refractivity contribution in [1.29, 1.82) is 0 Å². The highest BCUT2D eigenvalue weighted by molar-refractivity contribution is 7.54. The van der Waals surface area contributed by atoms with Gasteiger partial charge in [0.05, 0.1) is 0 Å². The predicted molar refractivity (Wildman–Crippen MR) is 62.8 cm³/mol. The second-order valence-corrected chi connectivity index (χ2v) is 5.76. The molecule has 1 atom stereocenters. The molecular formula is C10H14ClO4P. The summed E-state index contributed by atoms with van der Waals surface area (Å²) in [7, 11) is 0.806. The fourth-order valence-corrected chi connectivity index (χ4v) is 2.79. The minimum atomic E-state index is -3.29. The standard InChI is InChI=1S/C10H14ClO4P/c1-13-10(16(12,14-2)15-3)8-4-6-9(11)7-5-8/h4-7,10H,1-3H3. The monoisotopic (exact) mass is 264 g/mol. The van der Waals surface area contributed by atoms with Gasteiger partial charge in [-0.1, -0.05) is 23.7 Å². The molecular weight excluding hydrogens is 251 g/mol. The molecule has 0 spiro atoms. The fraction of sp³-hybridized carbons (Fsp3) is 0.400. The molecule has 90 valence electrons. The summed E-state index contributed by atoms with van der Waals surface area (Å²) in [6, 6.07) is 6.83. The Morgan fingerprint density at radius 1 is 1.12 bits per heavy atom. The molecule has 16 heavy (non-hydrogen) atoms. The van der Waals surface area contributed by atoms with Gasteiger partial charge in [0, 0.05) is 26.4 Å². The van der Waals surface area contributed by atoms with Crippen LogP contribution in [0.25, 0.3) is 0 Å². The first kappa shape index (κ1) is 13.7. The lowest BCUT2D eigenvalue weighted by Gasteiger charge is -2.23. The van der Waals surface area contributed by atoms with Gasteiger partial charge in [0.1, 0.15) is 0 Å². The molecule has 0 aliphatic heterocycles. The van der Waals surface area contributed by atoms with E-state index < -0.39 is 13.4 Å². The van der Waals surface area contributed by atoms with Crippen molar-refractivity contribution >= 4 is 19.2 Å². The Labute approximate surface area is 100.0 Å². The van der Waals surface area contributed by atoms with Crippen molar-refractivity contribution in [3.63, 3.8) is 0 Å². The molecule has 1 rings (SSSR count). The van der Waals surface area contributed by atoms with Crippen LogP contribution in [0.4, 0.5) is 0 Å². The van der Waals surface area contributed by atoms with Gasteiger partial charge in [-0.15, -0.1) is 0 Å². The van der Waals surface area contributed by atoms with E-state index in [4.69, 9.17) is 25.4 Å². The molecule has 1 aromatic carbocycles. The highest BCUT2D eigenvalue weighted by Crippen LogP contribution is 2.60. The average Bonchev–Trinajstić information content (AvgIpc) is 2.32. The van der Waals surface area contributed by atoms with Crippen LogP contribution < -0.4 is 0 Å². The van der Waals surface area contributed by atoms with Gasteiger partial charge >= 0.3 is 7.60 Å². The van der Waals surface area contributed by atoms with Crippen LogP contribution in [-0.4, -0.2) is 21.3 Å². The van der Waals surface area contributed by atoms with Crippen molar-refractivity contribution in [3.05, 3.63) is 34.9 Å². The van der Waals surface area contributed by atoms with Gasteiger partial charge in [-0.25, -0.2) is 0 Å². The van der Waals surface area contributed by atoms with Crippen LogP contribution >= 0.6 is 19.2 Å².